The lowest BCUT2D eigenvalue weighted by atomic mass is 9.89. The Kier molecular flexibility index (Phi) is 8.09. The number of halogens is 3. The molecule has 2 aliphatic rings. The molecule has 1 spiro atoms. The number of likely N-dealkylation sites (tertiary alicyclic amines) is 1. The van der Waals surface area contributed by atoms with Crippen molar-refractivity contribution >= 4 is 17.6 Å². The van der Waals surface area contributed by atoms with E-state index in [1.807, 2.05) is 6.92 Å². The Bertz CT molecular complexity index is 534. The summed E-state index contributed by atoms with van der Waals surface area (Å²) in [6, 6.07) is 0. The number of carbonyl (C=O) groups excluding carboxylic acids is 2. The number of hydrogen-bond acceptors (Lipinski definition) is 3. The molecule has 0 radical (unpaired) electrons. The van der Waals surface area contributed by atoms with Gasteiger partial charge in [-0.15, -0.1) is 0 Å². The van der Waals surface area contributed by atoms with Crippen LogP contribution in [0, 0.1) is 0 Å². The van der Waals surface area contributed by atoms with E-state index in [2.05, 4.69) is 18.8 Å². The van der Waals surface area contributed by atoms with Gasteiger partial charge in [-0.2, -0.15) is 13.2 Å². The van der Waals surface area contributed by atoms with Gasteiger partial charge in [-0.25, -0.2) is 0 Å². The third-order valence-corrected chi connectivity index (χ3v) is 4.36. The molecule has 2 amide bonds. The molecule has 26 heavy (non-hydrogen) atoms. The highest BCUT2D eigenvalue weighted by Crippen LogP contribution is 2.34. The number of nitrogens with zero attached hydrogens (tertiary/aromatic N) is 3. The van der Waals surface area contributed by atoms with Crippen LogP contribution in [0.1, 0.15) is 65.7 Å². The lowest BCUT2D eigenvalue weighted by Crippen LogP contribution is -2.54. The van der Waals surface area contributed by atoms with E-state index in [9.17, 15) is 22.8 Å². The maximum Gasteiger partial charge on any atom is 0.397 e. The van der Waals surface area contributed by atoms with Gasteiger partial charge in [-0.05, 0) is 19.3 Å². The highest BCUT2D eigenvalue weighted by Gasteiger charge is 2.50. The molecule has 0 N–H and O–H groups in total. The third-order valence-electron chi connectivity index (χ3n) is 4.36. The number of amidine groups is 1. The number of hydrogen-bond donors (Lipinski definition) is 0. The van der Waals surface area contributed by atoms with Gasteiger partial charge < -0.3 is 9.80 Å². The second-order valence-corrected chi connectivity index (χ2v) is 6.95. The van der Waals surface area contributed by atoms with Crippen LogP contribution >= 0.6 is 0 Å². The minimum atomic E-state index is -4.53. The van der Waals surface area contributed by atoms with E-state index in [0.29, 0.717) is 25.1 Å². The van der Waals surface area contributed by atoms with Crippen molar-refractivity contribution in [3.63, 3.8) is 0 Å². The fraction of sp³-hybridized carbons (Fsp3) is 0.833. The summed E-state index contributed by atoms with van der Waals surface area (Å²) in [6.45, 7) is 6.47. The molecule has 1 unspecified atom stereocenters. The van der Waals surface area contributed by atoms with Crippen molar-refractivity contribution in [2.24, 2.45) is 4.99 Å². The van der Waals surface area contributed by atoms with Gasteiger partial charge >= 0.3 is 6.18 Å². The first-order chi connectivity index (χ1) is 12.1. The first-order valence-electron chi connectivity index (χ1n) is 9.31. The Morgan fingerprint density at radius 1 is 1.27 bits per heavy atom. The number of rotatable bonds is 4. The van der Waals surface area contributed by atoms with Crippen LogP contribution < -0.4 is 0 Å². The Hall–Kier alpha value is -1.60. The summed E-state index contributed by atoms with van der Waals surface area (Å²) < 4.78 is 37.3. The number of likely N-dealkylation sites (N-methyl/N-ethyl adjacent to an activating group) is 1. The molecule has 0 aliphatic carbocycles. The standard InChI is InChI=1S/C15H22F3N3O2.C3H8/c1-3-4-6-11-19-14(13(23)20(11)2)7-5-8-21(10-14)12(22)9-15(16,17)18;1-3-2/h3-10H2,1-2H3;3H2,1-2H3. The molecule has 2 rings (SSSR count). The van der Waals surface area contributed by atoms with Crippen LogP contribution in [0.4, 0.5) is 13.2 Å². The number of amides is 2. The van der Waals surface area contributed by atoms with Gasteiger partial charge in [0.15, 0.2) is 5.54 Å². The summed E-state index contributed by atoms with van der Waals surface area (Å²) in [5.41, 5.74) is -1.09. The first-order valence-corrected chi connectivity index (χ1v) is 9.31. The molecule has 0 aromatic carbocycles. The van der Waals surface area contributed by atoms with Crippen molar-refractivity contribution in [3.05, 3.63) is 0 Å². The van der Waals surface area contributed by atoms with E-state index in [0.717, 1.165) is 17.7 Å². The lowest BCUT2D eigenvalue weighted by Gasteiger charge is -2.37. The molecule has 0 bridgehead atoms. The van der Waals surface area contributed by atoms with Crippen LogP contribution in [0.5, 0.6) is 0 Å². The van der Waals surface area contributed by atoms with E-state index in [-0.39, 0.29) is 19.0 Å². The van der Waals surface area contributed by atoms with Crippen LogP contribution in [-0.4, -0.2) is 59.3 Å². The van der Waals surface area contributed by atoms with Gasteiger partial charge in [0.25, 0.3) is 5.91 Å². The molecular weight excluding hydrogens is 347 g/mol. The Balaban J connectivity index is 0.00000105. The van der Waals surface area contributed by atoms with E-state index < -0.39 is 24.0 Å². The normalized spacial score (nSPS) is 23.0. The zero-order valence-corrected chi connectivity index (χ0v) is 16.2. The van der Waals surface area contributed by atoms with Crippen molar-refractivity contribution in [1.82, 2.24) is 9.80 Å². The SMILES string of the molecule is CCC.CCCCC1=NC2(CCCN(C(=O)CC(F)(F)F)C2)C(=O)N1C. The molecule has 0 aromatic rings. The topological polar surface area (TPSA) is 53.0 Å². The molecule has 1 saturated heterocycles. The number of unbranched alkanes of at least 4 members (excludes halogenated alkanes) is 1. The van der Waals surface area contributed by atoms with Crippen molar-refractivity contribution in [3.8, 4) is 0 Å². The minimum absolute atomic E-state index is 0.0548. The largest absolute Gasteiger partial charge is 0.397 e. The quantitative estimate of drug-likeness (QED) is 0.749. The number of carbonyl (C=O) groups is 2. The van der Waals surface area contributed by atoms with E-state index in [1.54, 1.807) is 7.05 Å². The van der Waals surface area contributed by atoms with Crippen molar-refractivity contribution in [2.75, 3.05) is 20.1 Å². The minimum Gasteiger partial charge on any atom is -0.339 e. The summed E-state index contributed by atoms with van der Waals surface area (Å²) in [5, 5.41) is 0. The fourth-order valence-corrected chi connectivity index (χ4v) is 3.16. The van der Waals surface area contributed by atoms with E-state index in [1.165, 1.54) is 11.3 Å². The molecule has 2 heterocycles. The maximum atomic E-state index is 12.6. The number of alkyl halides is 3. The Morgan fingerprint density at radius 3 is 2.42 bits per heavy atom. The molecule has 1 atom stereocenters. The predicted octanol–water partition coefficient (Wildman–Crippen LogP) is 3.78. The van der Waals surface area contributed by atoms with Crippen molar-refractivity contribution < 1.29 is 22.8 Å². The summed E-state index contributed by atoms with van der Waals surface area (Å²) in [4.78, 5) is 31.5. The smallest absolute Gasteiger partial charge is 0.339 e. The maximum absolute atomic E-state index is 12.6. The second-order valence-electron chi connectivity index (χ2n) is 6.95. The molecule has 8 heteroatoms. The lowest BCUT2D eigenvalue weighted by molar-refractivity contribution is -0.163. The van der Waals surface area contributed by atoms with Gasteiger partial charge in [-0.1, -0.05) is 33.6 Å². The summed E-state index contributed by atoms with van der Waals surface area (Å²) >= 11 is 0. The van der Waals surface area contributed by atoms with E-state index in [4.69, 9.17) is 0 Å². The van der Waals surface area contributed by atoms with Crippen LogP contribution in [0.15, 0.2) is 4.99 Å². The second kappa shape index (κ2) is 9.37. The van der Waals surface area contributed by atoms with Crippen LogP contribution in [0.2, 0.25) is 0 Å². The van der Waals surface area contributed by atoms with Crippen molar-refractivity contribution in [2.45, 2.75) is 77.4 Å². The van der Waals surface area contributed by atoms with Crippen LogP contribution in [0.25, 0.3) is 0 Å². The molecule has 0 aromatic heterocycles. The molecule has 2 aliphatic heterocycles. The molecule has 0 saturated carbocycles. The molecular formula is C18H30F3N3O2. The summed E-state index contributed by atoms with van der Waals surface area (Å²) in [5.74, 6) is -0.528. The van der Waals surface area contributed by atoms with Gasteiger partial charge in [0.1, 0.15) is 12.3 Å². The molecule has 1 fully saturated rings. The van der Waals surface area contributed by atoms with E-state index >= 15 is 0 Å². The van der Waals surface area contributed by atoms with Gasteiger partial charge in [0, 0.05) is 20.0 Å². The average Bonchev–Trinajstić information content (AvgIpc) is 2.77. The van der Waals surface area contributed by atoms with Crippen molar-refractivity contribution in [1.29, 1.82) is 0 Å². The highest BCUT2D eigenvalue weighted by molar-refractivity contribution is 6.08. The van der Waals surface area contributed by atoms with Gasteiger partial charge in [0.2, 0.25) is 5.91 Å². The summed E-state index contributed by atoms with van der Waals surface area (Å²) in [7, 11) is 1.64. The fourth-order valence-electron chi connectivity index (χ4n) is 3.16. The molecule has 5 nitrogen and oxygen atoms in total. The zero-order chi connectivity index (χ0) is 20.0. The van der Waals surface area contributed by atoms with Gasteiger partial charge in [0.05, 0.1) is 6.54 Å². The highest BCUT2D eigenvalue weighted by atomic mass is 19.4. The number of piperidine rings is 1. The first kappa shape index (κ1) is 22.4. The average molecular weight is 377 g/mol. The zero-order valence-electron chi connectivity index (χ0n) is 16.2. The Labute approximate surface area is 153 Å². The third kappa shape index (κ3) is 5.71. The monoisotopic (exact) mass is 377 g/mol. The van der Waals surface area contributed by atoms with Crippen LogP contribution in [0.3, 0.4) is 0 Å². The number of aliphatic imine (C=N–C) groups is 1. The molecule has 150 valence electrons. The van der Waals surface area contributed by atoms with Gasteiger partial charge in [-0.3, -0.25) is 14.6 Å². The van der Waals surface area contributed by atoms with Crippen LogP contribution in [-0.2, 0) is 9.59 Å². The summed E-state index contributed by atoms with van der Waals surface area (Å²) in [6.07, 6.45) is -1.30. The Morgan fingerprint density at radius 2 is 1.88 bits per heavy atom. The predicted molar refractivity (Wildman–Crippen MR) is 94.9 cm³/mol.